The van der Waals surface area contributed by atoms with Crippen LogP contribution in [0.4, 0.5) is 0 Å². The molecule has 0 aliphatic rings. The SMILES string of the molecule is [B][C@@](C)([C@@H](C)C(C)(C)C)C(C)(C)C. The van der Waals surface area contributed by atoms with E-state index in [2.05, 4.69) is 55.4 Å². The normalized spacial score (nSPS) is 20.9. The molecule has 0 bridgehead atoms. The standard InChI is InChI=1S/C12H25B/c1-9(10(2,3)4)12(8,13)11(5,6)7/h9H,1-8H3/t9-,12-/m0/s1. The zero-order valence-corrected chi connectivity index (χ0v) is 10.7. The van der Waals surface area contributed by atoms with E-state index in [1.54, 1.807) is 0 Å². The van der Waals surface area contributed by atoms with Crippen LogP contribution in [-0.4, -0.2) is 7.85 Å². The van der Waals surface area contributed by atoms with E-state index >= 15 is 0 Å². The maximum absolute atomic E-state index is 6.42. The molecule has 0 N–H and O–H groups in total. The third-order valence-electron chi connectivity index (χ3n) is 3.81. The molecular formula is C12H25B. The average molecular weight is 180 g/mol. The molecule has 76 valence electrons. The van der Waals surface area contributed by atoms with E-state index in [-0.39, 0.29) is 16.1 Å². The average Bonchev–Trinajstić information content (AvgIpc) is 1.81. The largest absolute Gasteiger partial charge is 0.0753 e. The molecule has 2 radical (unpaired) electrons. The molecular weight excluding hydrogens is 155 g/mol. The van der Waals surface area contributed by atoms with Crippen LogP contribution in [0.15, 0.2) is 0 Å². The summed E-state index contributed by atoms with van der Waals surface area (Å²) in [5.74, 6) is 0.500. The minimum Gasteiger partial charge on any atom is -0.0669 e. The van der Waals surface area contributed by atoms with Gasteiger partial charge in [0.15, 0.2) is 0 Å². The van der Waals surface area contributed by atoms with Gasteiger partial charge in [0.05, 0.1) is 7.85 Å². The number of rotatable bonds is 1. The lowest BCUT2D eigenvalue weighted by molar-refractivity contribution is 0.116. The van der Waals surface area contributed by atoms with E-state index in [0.29, 0.717) is 5.92 Å². The maximum atomic E-state index is 6.42. The van der Waals surface area contributed by atoms with Gasteiger partial charge >= 0.3 is 0 Å². The Morgan fingerprint density at radius 2 is 1.15 bits per heavy atom. The van der Waals surface area contributed by atoms with Gasteiger partial charge in [-0.25, -0.2) is 0 Å². The smallest absolute Gasteiger partial charge is 0.0669 e. The fraction of sp³-hybridized carbons (Fsp3) is 1.00. The van der Waals surface area contributed by atoms with E-state index < -0.39 is 0 Å². The minimum atomic E-state index is -0.120. The highest BCUT2D eigenvalue weighted by atomic mass is 14.4. The second-order valence-electron chi connectivity index (χ2n) is 6.62. The van der Waals surface area contributed by atoms with Crippen molar-refractivity contribution < 1.29 is 0 Å². The van der Waals surface area contributed by atoms with Gasteiger partial charge in [0.25, 0.3) is 0 Å². The van der Waals surface area contributed by atoms with Crippen LogP contribution in [0.25, 0.3) is 0 Å². The van der Waals surface area contributed by atoms with Gasteiger partial charge in [-0.3, -0.25) is 0 Å². The summed E-state index contributed by atoms with van der Waals surface area (Å²) in [6, 6.07) is 0. The molecule has 0 saturated carbocycles. The third kappa shape index (κ3) is 2.75. The molecule has 0 nitrogen and oxygen atoms in total. The molecule has 0 aromatic heterocycles. The summed E-state index contributed by atoms with van der Waals surface area (Å²) in [4.78, 5) is 0. The van der Waals surface area contributed by atoms with E-state index in [1.807, 2.05) is 0 Å². The first-order chi connectivity index (χ1) is 5.40. The van der Waals surface area contributed by atoms with Gasteiger partial charge in [-0.2, -0.15) is 0 Å². The van der Waals surface area contributed by atoms with Crippen LogP contribution in [-0.2, 0) is 0 Å². The first-order valence-electron chi connectivity index (χ1n) is 5.19. The van der Waals surface area contributed by atoms with Gasteiger partial charge in [0, 0.05) is 0 Å². The highest BCUT2D eigenvalue weighted by Crippen LogP contribution is 2.53. The second kappa shape index (κ2) is 3.33. The lowest BCUT2D eigenvalue weighted by Crippen LogP contribution is -2.38. The van der Waals surface area contributed by atoms with Crippen molar-refractivity contribution in [1.29, 1.82) is 0 Å². The van der Waals surface area contributed by atoms with E-state index in [1.165, 1.54) is 0 Å². The van der Waals surface area contributed by atoms with Crippen molar-refractivity contribution in [2.24, 2.45) is 16.7 Å². The van der Waals surface area contributed by atoms with Crippen LogP contribution in [0.5, 0.6) is 0 Å². The Morgan fingerprint density at radius 1 is 0.846 bits per heavy atom. The van der Waals surface area contributed by atoms with E-state index in [9.17, 15) is 0 Å². The van der Waals surface area contributed by atoms with Gasteiger partial charge in [-0.1, -0.05) is 60.7 Å². The minimum absolute atomic E-state index is 0.120. The van der Waals surface area contributed by atoms with Crippen LogP contribution in [0.1, 0.15) is 55.4 Å². The van der Waals surface area contributed by atoms with Crippen molar-refractivity contribution in [3.8, 4) is 0 Å². The number of hydrogen-bond acceptors (Lipinski definition) is 0. The van der Waals surface area contributed by atoms with E-state index in [4.69, 9.17) is 7.85 Å². The highest BCUT2D eigenvalue weighted by molar-refractivity contribution is 6.15. The van der Waals surface area contributed by atoms with Crippen molar-refractivity contribution in [2.45, 2.75) is 60.7 Å². The first-order valence-corrected chi connectivity index (χ1v) is 5.19. The quantitative estimate of drug-likeness (QED) is 0.533. The van der Waals surface area contributed by atoms with Crippen LogP contribution in [0.2, 0.25) is 5.31 Å². The Labute approximate surface area is 85.9 Å². The summed E-state index contributed by atoms with van der Waals surface area (Å²) in [5.41, 5.74) is 0.427. The molecule has 13 heavy (non-hydrogen) atoms. The Kier molecular flexibility index (Phi) is 3.35. The summed E-state index contributed by atoms with van der Waals surface area (Å²) in [7, 11) is 6.42. The maximum Gasteiger partial charge on any atom is 0.0753 e. The van der Waals surface area contributed by atoms with Crippen molar-refractivity contribution in [3.05, 3.63) is 0 Å². The topological polar surface area (TPSA) is 0 Å². The molecule has 0 aliphatic carbocycles. The zero-order chi connectivity index (χ0) is 11.1. The molecule has 2 atom stereocenters. The van der Waals surface area contributed by atoms with Crippen molar-refractivity contribution >= 4 is 7.85 Å². The Balaban J connectivity index is 4.86. The second-order valence-corrected chi connectivity index (χ2v) is 6.62. The van der Waals surface area contributed by atoms with Crippen LogP contribution < -0.4 is 0 Å². The van der Waals surface area contributed by atoms with Crippen LogP contribution in [0.3, 0.4) is 0 Å². The Morgan fingerprint density at radius 3 is 1.23 bits per heavy atom. The molecule has 1 heteroatoms. The van der Waals surface area contributed by atoms with Gasteiger partial charge in [-0.05, 0) is 16.7 Å². The molecule has 0 heterocycles. The molecule has 0 saturated heterocycles. The van der Waals surface area contributed by atoms with E-state index in [0.717, 1.165) is 0 Å². The molecule has 0 aliphatic heterocycles. The monoisotopic (exact) mass is 180 g/mol. The van der Waals surface area contributed by atoms with Crippen LogP contribution >= 0.6 is 0 Å². The molecule has 0 unspecified atom stereocenters. The molecule has 0 rings (SSSR count). The van der Waals surface area contributed by atoms with Crippen molar-refractivity contribution in [1.82, 2.24) is 0 Å². The molecule has 0 aromatic rings. The zero-order valence-electron chi connectivity index (χ0n) is 10.7. The van der Waals surface area contributed by atoms with Gasteiger partial charge in [0.2, 0.25) is 0 Å². The summed E-state index contributed by atoms with van der Waals surface area (Å²) in [6.45, 7) is 17.9. The molecule has 0 aromatic carbocycles. The highest BCUT2D eigenvalue weighted by Gasteiger charge is 2.41. The van der Waals surface area contributed by atoms with Gasteiger partial charge < -0.3 is 0 Å². The Bertz CT molecular complexity index is 167. The third-order valence-corrected chi connectivity index (χ3v) is 3.81. The summed E-state index contributed by atoms with van der Waals surface area (Å²) < 4.78 is 0. The fourth-order valence-corrected chi connectivity index (χ4v) is 1.55. The summed E-state index contributed by atoms with van der Waals surface area (Å²) >= 11 is 0. The van der Waals surface area contributed by atoms with Crippen molar-refractivity contribution in [3.63, 3.8) is 0 Å². The summed E-state index contributed by atoms with van der Waals surface area (Å²) in [6.07, 6.45) is 0. The predicted molar refractivity (Wildman–Crippen MR) is 62.2 cm³/mol. The predicted octanol–water partition coefficient (Wildman–Crippen LogP) is 4.06. The van der Waals surface area contributed by atoms with Gasteiger partial charge in [0.1, 0.15) is 0 Å². The van der Waals surface area contributed by atoms with Crippen LogP contribution in [0, 0.1) is 16.7 Å². The molecule has 0 amide bonds. The Hall–Kier alpha value is 0.0649. The first kappa shape index (κ1) is 13.1. The fourth-order valence-electron chi connectivity index (χ4n) is 1.55. The number of hydrogen-bond donors (Lipinski definition) is 0. The lowest BCUT2D eigenvalue weighted by atomic mass is 9.46. The van der Waals surface area contributed by atoms with Crippen molar-refractivity contribution in [2.75, 3.05) is 0 Å². The molecule has 0 fully saturated rings. The molecule has 0 spiro atoms. The van der Waals surface area contributed by atoms with Gasteiger partial charge in [-0.15, -0.1) is 0 Å². The summed E-state index contributed by atoms with van der Waals surface area (Å²) in [5, 5.41) is -0.120. The lowest BCUT2D eigenvalue weighted by Gasteiger charge is -2.49.